The number of hydrogen-bond acceptors (Lipinski definition) is 7. The van der Waals surface area contributed by atoms with E-state index in [0.717, 1.165) is 5.56 Å². The van der Waals surface area contributed by atoms with Crippen LogP contribution in [0.1, 0.15) is 24.8 Å². The normalized spacial score (nSPS) is 34.1. The number of carbonyl (C=O) groups excluding carboxylic acids is 1. The molecule has 7 nitrogen and oxygen atoms in total. The molecule has 144 valence electrons. The van der Waals surface area contributed by atoms with Crippen LogP contribution in [0.15, 0.2) is 30.3 Å². The molecule has 0 amide bonds. The van der Waals surface area contributed by atoms with E-state index < -0.39 is 24.4 Å². The van der Waals surface area contributed by atoms with Crippen LogP contribution in [0.4, 0.5) is 0 Å². The van der Waals surface area contributed by atoms with Crippen LogP contribution in [0.5, 0.6) is 0 Å². The predicted octanol–water partition coefficient (Wildman–Crippen LogP) is 0.803. The zero-order valence-electron chi connectivity index (χ0n) is 14.8. The Morgan fingerprint density at radius 2 is 2.00 bits per heavy atom. The van der Waals surface area contributed by atoms with Crippen molar-refractivity contribution in [1.82, 2.24) is 0 Å². The fraction of sp³-hybridized carbons (Fsp3) is 0.632. The van der Waals surface area contributed by atoms with Gasteiger partial charge in [-0.1, -0.05) is 30.3 Å². The number of esters is 1. The minimum absolute atomic E-state index is 0.144. The Morgan fingerprint density at radius 3 is 2.69 bits per heavy atom. The van der Waals surface area contributed by atoms with Gasteiger partial charge in [0.05, 0.1) is 39.0 Å². The first-order chi connectivity index (χ1) is 12.6. The highest BCUT2D eigenvalue weighted by atomic mass is 16.6. The van der Waals surface area contributed by atoms with Gasteiger partial charge in [0.15, 0.2) is 0 Å². The van der Waals surface area contributed by atoms with Gasteiger partial charge in [-0.15, -0.1) is 0 Å². The summed E-state index contributed by atoms with van der Waals surface area (Å²) in [6.45, 7) is 0.0523. The molecule has 7 heteroatoms. The summed E-state index contributed by atoms with van der Waals surface area (Å²) in [7, 11) is 1.34. The summed E-state index contributed by atoms with van der Waals surface area (Å²) in [5.74, 6) is -0.343. The van der Waals surface area contributed by atoms with E-state index in [1.807, 2.05) is 30.3 Å². The molecule has 0 spiro atoms. The predicted molar refractivity (Wildman–Crippen MR) is 91.3 cm³/mol. The Labute approximate surface area is 152 Å². The number of ether oxygens (including phenoxy) is 4. The second-order valence-electron chi connectivity index (χ2n) is 6.73. The Morgan fingerprint density at radius 1 is 1.23 bits per heavy atom. The fourth-order valence-electron chi connectivity index (χ4n) is 3.59. The lowest BCUT2D eigenvalue weighted by atomic mass is 9.88. The molecule has 1 aromatic rings. The molecule has 0 unspecified atom stereocenters. The highest BCUT2D eigenvalue weighted by molar-refractivity contribution is 5.69. The maximum absolute atomic E-state index is 11.5. The number of benzene rings is 1. The molecule has 0 aliphatic carbocycles. The summed E-state index contributed by atoms with van der Waals surface area (Å²) in [4.78, 5) is 11.5. The maximum Gasteiger partial charge on any atom is 0.308 e. The molecular formula is C19H26O7. The molecule has 0 aromatic heterocycles. The Kier molecular flexibility index (Phi) is 6.61. The molecule has 0 saturated carbocycles. The van der Waals surface area contributed by atoms with Gasteiger partial charge in [-0.2, -0.15) is 0 Å². The Bertz CT molecular complexity index is 579. The molecule has 0 radical (unpaired) electrons. The molecular weight excluding hydrogens is 340 g/mol. The number of carbonyl (C=O) groups is 1. The third kappa shape index (κ3) is 4.42. The van der Waals surface area contributed by atoms with Crippen molar-refractivity contribution in [3.8, 4) is 0 Å². The third-order valence-electron chi connectivity index (χ3n) is 4.97. The minimum Gasteiger partial charge on any atom is -0.469 e. The number of methoxy groups -OCH3 is 1. The van der Waals surface area contributed by atoms with Crippen molar-refractivity contribution in [3.05, 3.63) is 35.9 Å². The number of fused-ring (bicyclic) bond motifs is 1. The van der Waals surface area contributed by atoms with Crippen molar-refractivity contribution in [1.29, 1.82) is 0 Å². The second kappa shape index (κ2) is 8.92. The molecule has 1 aromatic carbocycles. The van der Waals surface area contributed by atoms with Crippen molar-refractivity contribution in [2.45, 2.75) is 62.5 Å². The average molecular weight is 366 g/mol. The van der Waals surface area contributed by atoms with Crippen LogP contribution in [0.25, 0.3) is 0 Å². The number of hydrogen-bond donors (Lipinski definition) is 2. The van der Waals surface area contributed by atoms with Crippen molar-refractivity contribution >= 4 is 5.97 Å². The van der Waals surface area contributed by atoms with Gasteiger partial charge < -0.3 is 29.2 Å². The van der Waals surface area contributed by atoms with Crippen LogP contribution < -0.4 is 0 Å². The molecule has 2 saturated heterocycles. The zero-order chi connectivity index (χ0) is 18.5. The lowest BCUT2D eigenvalue weighted by Crippen LogP contribution is -2.62. The van der Waals surface area contributed by atoms with Gasteiger partial charge in [0.2, 0.25) is 0 Å². The summed E-state index contributed by atoms with van der Waals surface area (Å²) in [6, 6.07) is 9.59. The van der Waals surface area contributed by atoms with Gasteiger partial charge in [-0.25, -0.2) is 0 Å². The van der Waals surface area contributed by atoms with Gasteiger partial charge in [-0.05, 0) is 18.4 Å². The summed E-state index contributed by atoms with van der Waals surface area (Å²) in [6.07, 6.45) is -2.09. The van der Waals surface area contributed by atoms with Crippen LogP contribution in [0.3, 0.4) is 0 Å². The number of aliphatic hydroxyl groups is 2. The van der Waals surface area contributed by atoms with Crippen LogP contribution in [0, 0.1) is 0 Å². The lowest BCUT2D eigenvalue weighted by molar-refractivity contribution is -0.278. The first-order valence-corrected chi connectivity index (χ1v) is 8.94. The standard InChI is InChI=1S/C19H26O7/c1-23-16(21)9-13-7-8-14-19(25-13)17(22)18(15(10-20)26-14)24-11-12-5-3-2-4-6-12/h2-6,13-15,17-20,22H,7-11H2,1H3/t13-,14+,15+,17-,18-,19+/m1/s1. The highest BCUT2D eigenvalue weighted by Gasteiger charge is 2.49. The molecule has 2 aliphatic heterocycles. The van der Waals surface area contributed by atoms with E-state index >= 15 is 0 Å². The SMILES string of the molecule is COC(=O)C[C@H]1CC[C@@H]2O[C@@H](CO)[C@@H](OCc3ccccc3)[C@@H](O)[C@H]2O1. The van der Waals surface area contributed by atoms with E-state index in [2.05, 4.69) is 4.74 Å². The molecule has 3 rings (SSSR count). The second-order valence-corrected chi connectivity index (χ2v) is 6.73. The van der Waals surface area contributed by atoms with E-state index in [4.69, 9.17) is 14.2 Å². The summed E-state index contributed by atoms with van der Waals surface area (Å²) in [5, 5.41) is 20.4. The van der Waals surface area contributed by atoms with E-state index in [0.29, 0.717) is 19.4 Å². The molecule has 2 aliphatic rings. The number of aliphatic hydroxyl groups excluding tert-OH is 2. The summed E-state index contributed by atoms with van der Waals surface area (Å²) >= 11 is 0. The van der Waals surface area contributed by atoms with Gasteiger partial charge in [-0.3, -0.25) is 4.79 Å². The summed E-state index contributed by atoms with van der Waals surface area (Å²) < 4.78 is 22.4. The molecule has 2 heterocycles. The molecule has 26 heavy (non-hydrogen) atoms. The van der Waals surface area contributed by atoms with Crippen LogP contribution >= 0.6 is 0 Å². The zero-order valence-corrected chi connectivity index (χ0v) is 14.8. The van der Waals surface area contributed by atoms with Gasteiger partial charge in [0.1, 0.15) is 24.4 Å². The quantitative estimate of drug-likeness (QED) is 0.719. The first-order valence-electron chi connectivity index (χ1n) is 8.94. The first kappa shape index (κ1) is 19.3. The van der Waals surface area contributed by atoms with E-state index in [9.17, 15) is 15.0 Å². The van der Waals surface area contributed by atoms with Crippen molar-refractivity contribution in [2.75, 3.05) is 13.7 Å². The Balaban J connectivity index is 1.64. The monoisotopic (exact) mass is 366 g/mol. The highest BCUT2D eigenvalue weighted by Crippen LogP contribution is 2.34. The maximum atomic E-state index is 11.5. The van der Waals surface area contributed by atoms with Gasteiger partial charge in [0.25, 0.3) is 0 Å². The lowest BCUT2D eigenvalue weighted by Gasteiger charge is -2.47. The van der Waals surface area contributed by atoms with Gasteiger partial charge in [0, 0.05) is 0 Å². The van der Waals surface area contributed by atoms with Crippen LogP contribution in [-0.4, -0.2) is 66.5 Å². The molecule has 2 fully saturated rings. The van der Waals surface area contributed by atoms with Crippen molar-refractivity contribution < 1.29 is 34.0 Å². The van der Waals surface area contributed by atoms with Crippen molar-refractivity contribution in [2.24, 2.45) is 0 Å². The molecule has 2 N–H and O–H groups in total. The molecule has 6 atom stereocenters. The summed E-state index contributed by atoms with van der Waals surface area (Å²) in [5.41, 5.74) is 0.964. The smallest absolute Gasteiger partial charge is 0.308 e. The third-order valence-corrected chi connectivity index (χ3v) is 4.97. The fourth-order valence-corrected chi connectivity index (χ4v) is 3.59. The van der Waals surface area contributed by atoms with Crippen LogP contribution in [-0.2, 0) is 30.3 Å². The Hall–Kier alpha value is -1.51. The van der Waals surface area contributed by atoms with E-state index in [1.54, 1.807) is 0 Å². The van der Waals surface area contributed by atoms with Crippen molar-refractivity contribution in [3.63, 3.8) is 0 Å². The largest absolute Gasteiger partial charge is 0.469 e. The van der Waals surface area contributed by atoms with E-state index in [-0.39, 0.29) is 31.2 Å². The average Bonchev–Trinajstić information content (AvgIpc) is 2.68. The van der Waals surface area contributed by atoms with Crippen LogP contribution in [0.2, 0.25) is 0 Å². The molecule has 0 bridgehead atoms. The topological polar surface area (TPSA) is 94.5 Å². The van der Waals surface area contributed by atoms with E-state index in [1.165, 1.54) is 7.11 Å². The van der Waals surface area contributed by atoms with Gasteiger partial charge >= 0.3 is 5.97 Å². The minimum atomic E-state index is -0.949. The number of rotatable bonds is 6.